The molecule has 1 fully saturated rings. The van der Waals surface area contributed by atoms with E-state index in [1.165, 1.54) is 0 Å². The van der Waals surface area contributed by atoms with E-state index >= 15 is 0 Å². The topological polar surface area (TPSA) is 84.6 Å². The first-order valence-electron chi connectivity index (χ1n) is 4.30. The van der Waals surface area contributed by atoms with Crippen molar-refractivity contribution in [3.8, 4) is 0 Å². The van der Waals surface area contributed by atoms with E-state index in [0.717, 1.165) is 0 Å². The molecule has 1 aliphatic rings. The highest BCUT2D eigenvalue weighted by atomic mass is 16.5. The molecule has 0 aromatic rings. The van der Waals surface area contributed by atoms with Crippen molar-refractivity contribution in [1.29, 1.82) is 0 Å². The van der Waals surface area contributed by atoms with Crippen LogP contribution in [0.2, 0.25) is 0 Å². The molecule has 1 heterocycles. The Bertz CT molecular complexity index is 206. The lowest BCUT2D eigenvalue weighted by atomic mass is 9.91. The maximum absolute atomic E-state index is 10.4. The number of carbonyl (C=O) groups is 1. The Kier molecular flexibility index (Phi) is 2.77. The Morgan fingerprint density at radius 2 is 2.31 bits per heavy atom. The van der Waals surface area contributed by atoms with E-state index in [1.54, 1.807) is 0 Å². The van der Waals surface area contributed by atoms with Gasteiger partial charge >= 0.3 is 6.09 Å². The minimum Gasteiger partial charge on any atom is -0.465 e. The molecule has 0 unspecified atom stereocenters. The molecule has 0 aromatic heterocycles. The molecule has 5 heteroatoms. The summed E-state index contributed by atoms with van der Waals surface area (Å²) < 4.78 is 5.44. The lowest BCUT2D eigenvalue weighted by molar-refractivity contribution is -0.0716. The summed E-state index contributed by atoms with van der Waals surface area (Å²) in [5, 5.41) is 10.8. The van der Waals surface area contributed by atoms with Crippen LogP contribution in [0.25, 0.3) is 0 Å². The molecular weight excluding hydrogens is 172 g/mol. The van der Waals surface area contributed by atoms with Crippen molar-refractivity contribution in [3.63, 3.8) is 0 Å². The van der Waals surface area contributed by atoms with Crippen LogP contribution in [-0.2, 0) is 4.74 Å². The molecule has 0 aliphatic carbocycles. The predicted octanol–water partition coefficient (Wildman–Crippen LogP) is 0.149. The van der Waals surface area contributed by atoms with Crippen molar-refractivity contribution in [1.82, 2.24) is 5.32 Å². The second kappa shape index (κ2) is 3.51. The Hall–Kier alpha value is -0.810. The van der Waals surface area contributed by atoms with Crippen molar-refractivity contribution < 1.29 is 14.6 Å². The zero-order valence-electron chi connectivity index (χ0n) is 7.91. The van der Waals surface area contributed by atoms with Gasteiger partial charge in [-0.3, -0.25) is 0 Å². The van der Waals surface area contributed by atoms with Crippen LogP contribution in [-0.4, -0.2) is 35.5 Å². The van der Waals surface area contributed by atoms with Crippen LogP contribution >= 0.6 is 0 Å². The highest BCUT2D eigenvalue weighted by Gasteiger charge is 2.34. The normalized spacial score (nSPS) is 32.5. The van der Waals surface area contributed by atoms with Gasteiger partial charge in [0.15, 0.2) is 0 Å². The predicted molar refractivity (Wildman–Crippen MR) is 47.6 cm³/mol. The second-order valence-corrected chi connectivity index (χ2v) is 3.99. The van der Waals surface area contributed by atoms with Crippen LogP contribution in [0.3, 0.4) is 0 Å². The van der Waals surface area contributed by atoms with Crippen molar-refractivity contribution in [2.24, 2.45) is 5.73 Å². The first-order chi connectivity index (χ1) is 5.91. The first kappa shape index (κ1) is 10.3. The van der Waals surface area contributed by atoms with E-state index in [-0.39, 0.29) is 17.7 Å². The zero-order valence-corrected chi connectivity index (χ0v) is 7.91. The SMILES string of the molecule is CC1(C)C[C@H](N)[C@H](NC(=O)O)CO1. The molecule has 1 amide bonds. The van der Waals surface area contributed by atoms with E-state index in [1.807, 2.05) is 13.8 Å². The molecule has 5 nitrogen and oxygen atoms in total. The maximum Gasteiger partial charge on any atom is 0.405 e. The largest absolute Gasteiger partial charge is 0.465 e. The lowest BCUT2D eigenvalue weighted by Crippen LogP contribution is -2.57. The van der Waals surface area contributed by atoms with Gasteiger partial charge in [-0.05, 0) is 20.3 Å². The van der Waals surface area contributed by atoms with E-state index < -0.39 is 6.09 Å². The van der Waals surface area contributed by atoms with Crippen LogP contribution in [0.1, 0.15) is 20.3 Å². The van der Waals surface area contributed by atoms with Crippen LogP contribution < -0.4 is 11.1 Å². The third kappa shape index (κ3) is 2.86. The number of amides is 1. The fraction of sp³-hybridized carbons (Fsp3) is 0.875. The lowest BCUT2D eigenvalue weighted by Gasteiger charge is -2.38. The maximum atomic E-state index is 10.4. The van der Waals surface area contributed by atoms with Crippen molar-refractivity contribution in [2.45, 2.75) is 38.0 Å². The second-order valence-electron chi connectivity index (χ2n) is 3.99. The number of hydrogen-bond donors (Lipinski definition) is 3. The summed E-state index contributed by atoms with van der Waals surface area (Å²) >= 11 is 0. The molecule has 0 saturated carbocycles. The summed E-state index contributed by atoms with van der Waals surface area (Å²) in [6.07, 6.45) is -0.387. The van der Waals surface area contributed by atoms with Gasteiger partial charge in [-0.25, -0.2) is 4.79 Å². The summed E-state index contributed by atoms with van der Waals surface area (Å²) in [5.41, 5.74) is 5.56. The molecule has 2 atom stereocenters. The average Bonchev–Trinajstić information content (AvgIpc) is 1.93. The van der Waals surface area contributed by atoms with Crippen molar-refractivity contribution in [3.05, 3.63) is 0 Å². The number of ether oxygens (including phenoxy) is 1. The number of hydrogen-bond acceptors (Lipinski definition) is 3. The highest BCUT2D eigenvalue weighted by Crippen LogP contribution is 2.22. The third-order valence-electron chi connectivity index (χ3n) is 2.21. The van der Waals surface area contributed by atoms with Crippen molar-refractivity contribution >= 4 is 6.09 Å². The van der Waals surface area contributed by atoms with Gasteiger partial charge in [0.2, 0.25) is 0 Å². The number of nitrogens with two attached hydrogens (primary N) is 1. The van der Waals surface area contributed by atoms with Gasteiger partial charge in [0.1, 0.15) is 0 Å². The van der Waals surface area contributed by atoms with Gasteiger partial charge in [0.25, 0.3) is 0 Å². The number of carboxylic acid groups (broad SMARTS) is 1. The molecule has 1 rings (SSSR count). The molecule has 0 bridgehead atoms. The fourth-order valence-corrected chi connectivity index (χ4v) is 1.52. The van der Waals surface area contributed by atoms with Gasteiger partial charge in [-0.15, -0.1) is 0 Å². The molecule has 4 N–H and O–H groups in total. The van der Waals surface area contributed by atoms with E-state index in [9.17, 15) is 4.79 Å². The Balaban J connectivity index is 2.49. The van der Waals surface area contributed by atoms with Crippen LogP contribution in [0.15, 0.2) is 0 Å². The number of rotatable bonds is 1. The van der Waals surface area contributed by atoms with Crippen LogP contribution in [0.5, 0.6) is 0 Å². The van der Waals surface area contributed by atoms with Gasteiger partial charge in [0, 0.05) is 6.04 Å². The van der Waals surface area contributed by atoms with E-state index in [0.29, 0.717) is 13.0 Å². The highest BCUT2D eigenvalue weighted by molar-refractivity contribution is 5.65. The summed E-state index contributed by atoms with van der Waals surface area (Å²) in [6.45, 7) is 4.24. The van der Waals surface area contributed by atoms with E-state index in [4.69, 9.17) is 15.6 Å². The van der Waals surface area contributed by atoms with Gasteiger partial charge < -0.3 is 20.9 Å². The molecular formula is C8H16N2O3. The standard InChI is InChI=1S/C8H16N2O3/c1-8(2)3-5(9)6(4-13-8)10-7(11)12/h5-6,10H,3-4,9H2,1-2H3,(H,11,12)/t5-,6+/m0/s1. The Morgan fingerprint density at radius 3 is 2.77 bits per heavy atom. The summed E-state index contributed by atoms with van der Waals surface area (Å²) in [7, 11) is 0. The first-order valence-corrected chi connectivity index (χ1v) is 4.30. The van der Waals surface area contributed by atoms with E-state index in [2.05, 4.69) is 5.32 Å². The van der Waals surface area contributed by atoms with Gasteiger partial charge in [-0.1, -0.05) is 0 Å². The molecule has 0 aromatic carbocycles. The van der Waals surface area contributed by atoms with Gasteiger partial charge in [-0.2, -0.15) is 0 Å². The minimum absolute atomic E-state index is 0.167. The quantitative estimate of drug-likeness (QED) is 0.546. The van der Waals surface area contributed by atoms with Crippen LogP contribution in [0.4, 0.5) is 4.79 Å². The molecule has 1 saturated heterocycles. The summed E-state index contributed by atoms with van der Waals surface area (Å²) in [5.74, 6) is 0. The molecule has 1 aliphatic heterocycles. The average molecular weight is 188 g/mol. The smallest absolute Gasteiger partial charge is 0.405 e. The summed E-state index contributed by atoms with van der Waals surface area (Å²) in [4.78, 5) is 10.4. The summed E-state index contributed by atoms with van der Waals surface area (Å²) in [6, 6.07) is -0.453. The molecule has 0 radical (unpaired) electrons. The van der Waals surface area contributed by atoms with Gasteiger partial charge in [0.05, 0.1) is 18.2 Å². The van der Waals surface area contributed by atoms with Crippen LogP contribution in [0, 0.1) is 0 Å². The van der Waals surface area contributed by atoms with Crippen molar-refractivity contribution in [2.75, 3.05) is 6.61 Å². The minimum atomic E-state index is -1.05. The third-order valence-corrected chi connectivity index (χ3v) is 2.21. The Labute approximate surface area is 77.2 Å². The molecule has 0 spiro atoms. The molecule has 76 valence electrons. The Morgan fingerprint density at radius 1 is 1.69 bits per heavy atom. The molecule has 13 heavy (non-hydrogen) atoms. The number of nitrogens with one attached hydrogen (secondary N) is 1. The fourth-order valence-electron chi connectivity index (χ4n) is 1.52. The zero-order chi connectivity index (χ0) is 10.1. The monoisotopic (exact) mass is 188 g/mol.